The Morgan fingerprint density at radius 3 is 2.45 bits per heavy atom. The highest BCUT2D eigenvalue weighted by molar-refractivity contribution is 5.56. The van der Waals surface area contributed by atoms with Crippen molar-refractivity contribution in [2.24, 2.45) is 5.92 Å². The summed E-state index contributed by atoms with van der Waals surface area (Å²) in [6.07, 6.45) is 6.20. The van der Waals surface area contributed by atoms with Crippen LogP contribution in [0.3, 0.4) is 0 Å². The lowest BCUT2D eigenvalue weighted by atomic mass is 9.93. The van der Waals surface area contributed by atoms with Crippen molar-refractivity contribution in [2.75, 3.05) is 37.6 Å². The van der Waals surface area contributed by atoms with Crippen LogP contribution >= 0.6 is 0 Å². The van der Waals surface area contributed by atoms with Gasteiger partial charge in [-0.25, -0.2) is 9.97 Å². The van der Waals surface area contributed by atoms with Gasteiger partial charge in [0.05, 0.1) is 12.2 Å². The van der Waals surface area contributed by atoms with E-state index in [0.717, 1.165) is 49.2 Å². The molecule has 7 heteroatoms. The maximum absolute atomic E-state index is 12.0. The lowest BCUT2D eigenvalue weighted by Crippen LogP contribution is -2.46. The van der Waals surface area contributed by atoms with E-state index in [1.807, 2.05) is 25.3 Å². The van der Waals surface area contributed by atoms with Gasteiger partial charge in [-0.05, 0) is 71.6 Å². The van der Waals surface area contributed by atoms with E-state index >= 15 is 0 Å². The molecule has 1 N–H and O–H groups in total. The van der Waals surface area contributed by atoms with Crippen LogP contribution in [0.4, 0.5) is 5.82 Å². The van der Waals surface area contributed by atoms with E-state index in [1.165, 1.54) is 25.8 Å². The molecule has 0 amide bonds. The second-order valence-corrected chi connectivity index (χ2v) is 9.27. The van der Waals surface area contributed by atoms with E-state index in [9.17, 15) is 4.79 Å². The van der Waals surface area contributed by atoms with E-state index in [0.29, 0.717) is 23.6 Å². The van der Waals surface area contributed by atoms with E-state index in [4.69, 9.17) is 4.74 Å². The lowest BCUT2D eigenvalue weighted by Gasteiger charge is -2.37. The smallest absolute Gasteiger partial charge is 0.254 e. The maximum atomic E-state index is 12.0. The van der Waals surface area contributed by atoms with Gasteiger partial charge in [0.2, 0.25) is 0 Å². The maximum Gasteiger partial charge on any atom is 0.254 e. The predicted octanol–water partition coefficient (Wildman–Crippen LogP) is 3.16. The molecule has 2 aromatic heterocycles. The minimum absolute atomic E-state index is 0.0883. The van der Waals surface area contributed by atoms with Crippen LogP contribution in [-0.4, -0.2) is 64.8 Å². The average molecular weight is 426 g/mol. The molecular formula is C24H35N5O2. The second kappa shape index (κ2) is 9.49. The molecule has 168 valence electrons. The van der Waals surface area contributed by atoms with Gasteiger partial charge >= 0.3 is 0 Å². The highest BCUT2D eigenvalue weighted by Crippen LogP contribution is 2.26. The van der Waals surface area contributed by atoms with Crippen molar-refractivity contribution in [1.82, 2.24) is 19.9 Å². The minimum Gasteiger partial charge on any atom is -0.373 e. The van der Waals surface area contributed by atoms with Gasteiger partial charge in [-0.1, -0.05) is 0 Å². The van der Waals surface area contributed by atoms with Crippen LogP contribution in [0.25, 0.3) is 11.4 Å². The number of pyridine rings is 1. The zero-order chi connectivity index (χ0) is 22.0. The Balaban J connectivity index is 1.29. The number of aromatic nitrogens is 3. The fraction of sp³-hybridized carbons (Fsp3) is 0.625. The van der Waals surface area contributed by atoms with Crippen molar-refractivity contribution in [3.8, 4) is 11.4 Å². The van der Waals surface area contributed by atoms with E-state index < -0.39 is 0 Å². The summed E-state index contributed by atoms with van der Waals surface area (Å²) in [5, 5.41) is 0. The molecule has 0 spiro atoms. The Labute approximate surface area is 184 Å². The van der Waals surface area contributed by atoms with Crippen molar-refractivity contribution < 1.29 is 4.74 Å². The second-order valence-electron chi connectivity index (χ2n) is 9.27. The molecule has 4 rings (SSSR count). The molecule has 0 aliphatic carbocycles. The van der Waals surface area contributed by atoms with Gasteiger partial charge in [0.1, 0.15) is 11.6 Å². The van der Waals surface area contributed by atoms with Crippen molar-refractivity contribution in [2.45, 2.75) is 59.2 Å². The Morgan fingerprint density at radius 1 is 1.13 bits per heavy atom. The van der Waals surface area contributed by atoms with Crippen molar-refractivity contribution in [3.05, 3.63) is 39.9 Å². The highest BCUT2D eigenvalue weighted by atomic mass is 16.5. The third kappa shape index (κ3) is 5.33. The van der Waals surface area contributed by atoms with E-state index in [2.05, 4.69) is 38.6 Å². The third-order valence-corrected chi connectivity index (χ3v) is 6.70. The summed E-state index contributed by atoms with van der Waals surface area (Å²) in [5.41, 5.74) is 2.17. The summed E-state index contributed by atoms with van der Waals surface area (Å²) in [4.78, 5) is 29.0. The van der Waals surface area contributed by atoms with Crippen LogP contribution in [0.2, 0.25) is 0 Å². The van der Waals surface area contributed by atoms with Crippen LogP contribution < -0.4 is 10.5 Å². The largest absolute Gasteiger partial charge is 0.373 e. The normalized spacial score (nSPS) is 23.3. The van der Waals surface area contributed by atoms with Crippen LogP contribution in [0.5, 0.6) is 0 Å². The fourth-order valence-electron chi connectivity index (χ4n) is 4.78. The summed E-state index contributed by atoms with van der Waals surface area (Å²) < 4.78 is 5.85. The topological polar surface area (TPSA) is 74.4 Å². The molecule has 0 bridgehead atoms. The number of H-pyrrole nitrogens is 1. The van der Waals surface area contributed by atoms with Gasteiger partial charge < -0.3 is 14.6 Å². The predicted molar refractivity (Wildman–Crippen MR) is 124 cm³/mol. The zero-order valence-corrected chi connectivity index (χ0v) is 19.2. The lowest BCUT2D eigenvalue weighted by molar-refractivity contribution is -0.0690. The van der Waals surface area contributed by atoms with Gasteiger partial charge in [0, 0.05) is 49.2 Å². The summed E-state index contributed by atoms with van der Waals surface area (Å²) in [5.74, 6) is 2.37. The molecule has 2 aliphatic rings. The number of hydrogen-bond donors (Lipinski definition) is 1. The van der Waals surface area contributed by atoms with Crippen molar-refractivity contribution >= 4 is 5.82 Å². The zero-order valence-electron chi connectivity index (χ0n) is 19.2. The first-order valence-electron chi connectivity index (χ1n) is 11.6. The molecule has 0 saturated carbocycles. The molecule has 2 unspecified atom stereocenters. The van der Waals surface area contributed by atoms with Crippen molar-refractivity contribution in [3.63, 3.8) is 0 Å². The van der Waals surface area contributed by atoms with Gasteiger partial charge in [0.15, 0.2) is 0 Å². The Morgan fingerprint density at radius 2 is 1.84 bits per heavy atom. The molecule has 2 atom stereocenters. The van der Waals surface area contributed by atoms with Gasteiger partial charge in [-0.2, -0.15) is 0 Å². The standard InChI is InChI=1S/C24H35N5O2/c1-16-14-28(15-17(2)31-16)10-7-20-8-11-29(12-9-20)22-6-5-21(13-25-22)23-26-19(4)18(3)24(30)27-23/h5-6,13,16-17,20H,7-12,14-15H2,1-4H3,(H,26,27,30). The van der Waals surface area contributed by atoms with Crippen LogP contribution in [-0.2, 0) is 4.74 Å². The molecule has 2 fully saturated rings. The fourth-order valence-corrected chi connectivity index (χ4v) is 4.78. The number of aromatic amines is 1. The molecule has 2 aromatic rings. The summed E-state index contributed by atoms with van der Waals surface area (Å²) in [7, 11) is 0. The summed E-state index contributed by atoms with van der Waals surface area (Å²) in [6.45, 7) is 13.4. The summed E-state index contributed by atoms with van der Waals surface area (Å²) >= 11 is 0. The minimum atomic E-state index is -0.0883. The quantitative estimate of drug-likeness (QED) is 0.793. The van der Waals surface area contributed by atoms with E-state index in [1.54, 1.807) is 6.92 Å². The SMILES string of the molecule is Cc1nc(-c2ccc(N3CCC(CCN4CC(C)OC(C)C4)CC3)nc2)[nH]c(=O)c1C. The average Bonchev–Trinajstić information content (AvgIpc) is 2.75. The molecular weight excluding hydrogens is 390 g/mol. The van der Waals surface area contributed by atoms with Gasteiger partial charge in [-0.15, -0.1) is 0 Å². The van der Waals surface area contributed by atoms with Gasteiger partial charge in [0.25, 0.3) is 5.56 Å². The molecule has 31 heavy (non-hydrogen) atoms. The highest BCUT2D eigenvalue weighted by Gasteiger charge is 2.25. The first-order chi connectivity index (χ1) is 14.9. The first kappa shape index (κ1) is 22.0. The van der Waals surface area contributed by atoms with Crippen molar-refractivity contribution in [1.29, 1.82) is 0 Å². The number of nitrogens with one attached hydrogen (secondary N) is 1. The summed E-state index contributed by atoms with van der Waals surface area (Å²) in [6, 6.07) is 4.05. The number of ether oxygens (including phenoxy) is 1. The third-order valence-electron chi connectivity index (χ3n) is 6.70. The van der Waals surface area contributed by atoms with Crippen LogP contribution in [0.1, 0.15) is 44.4 Å². The van der Waals surface area contributed by atoms with Gasteiger partial charge in [-0.3, -0.25) is 9.69 Å². The Hall–Kier alpha value is -2.25. The molecule has 2 aliphatic heterocycles. The van der Waals surface area contributed by atoms with Crippen LogP contribution in [0, 0.1) is 19.8 Å². The monoisotopic (exact) mass is 425 g/mol. The molecule has 2 saturated heterocycles. The molecule has 0 radical (unpaired) electrons. The van der Waals surface area contributed by atoms with E-state index in [-0.39, 0.29) is 5.56 Å². The first-order valence-corrected chi connectivity index (χ1v) is 11.6. The number of aryl methyl sites for hydroxylation is 1. The molecule has 4 heterocycles. The number of anilines is 1. The van der Waals surface area contributed by atoms with Crippen LogP contribution in [0.15, 0.2) is 23.1 Å². The molecule has 0 aromatic carbocycles. The number of nitrogens with zero attached hydrogens (tertiary/aromatic N) is 4. The number of morpholine rings is 1. The number of piperidine rings is 1. The number of rotatable bonds is 5. The Kier molecular flexibility index (Phi) is 6.72. The molecule has 7 nitrogen and oxygen atoms in total. The Bertz CT molecular complexity index is 924. The number of hydrogen-bond acceptors (Lipinski definition) is 6.